The minimum atomic E-state index is 0.226. The van der Waals surface area contributed by atoms with Crippen molar-refractivity contribution in [1.29, 1.82) is 0 Å². The Bertz CT molecular complexity index is 572. The summed E-state index contributed by atoms with van der Waals surface area (Å²) < 4.78 is 2.02. The van der Waals surface area contributed by atoms with Gasteiger partial charge < -0.3 is 4.90 Å². The van der Waals surface area contributed by atoms with Crippen LogP contribution in [0.1, 0.15) is 55.6 Å². The van der Waals surface area contributed by atoms with Crippen molar-refractivity contribution in [2.75, 3.05) is 26.2 Å². The Morgan fingerprint density at radius 1 is 1.17 bits per heavy atom. The number of carbonyl (C=O) groups is 1. The Hall–Kier alpha value is -1.36. The number of hydrogen-bond donors (Lipinski definition) is 0. The highest BCUT2D eigenvalue weighted by Crippen LogP contribution is 2.36. The van der Waals surface area contributed by atoms with Crippen molar-refractivity contribution in [1.82, 2.24) is 19.6 Å². The molecular formula is C18H30N4O. The molecule has 2 saturated heterocycles. The zero-order chi connectivity index (χ0) is 16.6. The number of carbonyl (C=O) groups excluding carboxylic acids is 1. The Morgan fingerprint density at radius 2 is 1.87 bits per heavy atom. The number of amides is 1. The van der Waals surface area contributed by atoms with E-state index in [1.807, 2.05) is 16.6 Å². The van der Waals surface area contributed by atoms with Crippen LogP contribution in [0.2, 0.25) is 0 Å². The van der Waals surface area contributed by atoms with Gasteiger partial charge in [0.2, 0.25) is 5.91 Å². The SMILES string of the molecule is CC(=O)N1CCC(CN2CCCC2c2c(C)nn(C)c2C)CC1. The maximum atomic E-state index is 11.5. The Kier molecular flexibility index (Phi) is 4.76. The second kappa shape index (κ2) is 6.63. The lowest BCUT2D eigenvalue weighted by molar-refractivity contribution is -0.130. The lowest BCUT2D eigenvalue weighted by Crippen LogP contribution is -2.40. The molecule has 0 radical (unpaired) electrons. The molecule has 0 saturated carbocycles. The van der Waals surface area contributed by atoms with E-state index in [1.54, 1.807) is 6.92 Å². The minimum Gasteiger partial charge on any atom is -0.343 e. The summed E-state index contributed by atoms with van der Waals surface area (Å²) in [5, 5.41) is 4.61. The molecule has 1 amide bonds. The van der Waals surface area contributed by atoms with Crippen LogP contribution >= 0.6 is 0 Å². The maximum absolute atomic E-state index is 11.5. The summed E-state index contributed by atoms with van der Waals surface area (Å²) in [6.07, 6.45) is 4.83. The number of hydrogen-bond acceptors (Lipinski definition) is 3. The zero-order valence-electron chi connectivity index (χ0n) is 15.0. The third kappa shape index (κ3) is 3.30. The highest BCUT2D eigenvalue weighted by Gasteiger charge is 2.32. The molecule has 1 aromatic heterocycles. The van der Waals surface area contributed by atoms with Gasteiger partial charge in [0.15, 0.2) is 0 Å². The molecular weight excluding hydrogens is 288 g/mol. The van der Waals surface area contributed by atoms with Crippen molar-refractivity contribution in [3.05, 3.63) is 17.0 Å². The largest absolute Gasteiger partial charge is 0.343 e. The van der Waals surface area contributed by atoms with Crippen LogP contribution in [0, 0.1) is 19.8 Å². The second-order valence-electron chi connectivity index (χ2n) is 7.31. The van der Waals surface area contributed by atoms with Crippen molar-refractivity contribution < 1.29 is 4.79 Å². The van der Waals surface area contributed by atoms with Crippen LogP contribution in [0.5, 0.6) is 0 Å². The van der Waals surface area contributed by atoms with E-state index in [0.717, 1.165) is 31.8 Å². The average molecular weight is 318 g/mol. The maximum Gasteiger partial charge on any atom is 0.219 e. The van der Waals surface area contributed by atoms with Crippen molar-refractivity contribution in [2.45, 2.75) is 52.5 Å². The first-order valence-corrected chi connectivity index (χ1v) is 8.97. The van der Waals surface area contributed by atoms with Crippen molar-refractivity contribution in [3.63, 3.8) is 0 Å². The van der Waals surface area contributed by atoms with E-state index < -0.39 is 0 Å². The van der Waals surface area contributed by atoms with E-state index in [9.17, 15) is 4.79 Å². The van der Waals surface area contributed by atoms with Crippen molar-refractivity contribution >= 4 is 5.91 Å². The van der Waals surface area contributed by atoms with Crippen LogP contribution < -0.4 is 0 Å². The molecule has 2 fully saturated rings. The number of nitrogens with zero attached hydrogens (tertiary/aromatic N) is 4. The summed E-state index contributed by atoms with van der Waals surface area (Å²) in [6.45, 7) is 10.3. The van der Waals surface area contributed by atoms with Gasteiger partial charge in [-0.3, -0.25) is 14.4 Å². The second-order valence-corrected chi connectivity index (χ2v) is 7.31. The predicted octanol–water partition coefficient (Wildman–Crippen LogP) is 2.43. The van der Waals surface area contributed by atoms with E-state index >= 15 is 0 Å². The van der Waals surface area contributed by atoms with Gasteiger partial charge >= 0.3 is 0 Å². The first kappa shape index (κ1) is 16.5. The predicted molar refractivity (Wildman–Crippen MR) is 91.2 cm³/mol. The molecule has 5 nitrogen and oxygen atoms in total. The van der Waals surface area contributed by atoms with Crippen molar-refractivity contribution in [3.8, 4) is 0 Å². The van der Waals surface area contributed by atoms with Gasteiger partial charge in [-0.15, -0.1) is 0 Å². The van der Waals surface area contributed by atoms with E-state index in [1.165, 1.54) is 42.9 Å². The number of rotatable bonds is 3. The highest BCUT2D eigenvalue weighted by atomic mass is 16.2. The van der Waals surface area contributed by atoms with E-state index in [4.69, 9.17) is 0 Å². The van der Waals surface area contributed by atoms with Gasteiger partial charge in [0, 0.05) is 50.9 Å². The molecule has 0 aliphatic carbocycles. The number of aromatic nitrogens is 2. The van der Waals surface area contributed by atoms with E-state index in [-0.39, 0.29) is 5.91 Å². The van der Waals surface area contributed by atoms with Gasteiger partial charge in [0.1, 0.15) is 0 Å². The molecule has 5 heteroatoms. The molecule has 0 N–H and O–H groups in total. The van der Waals surface area contributed by atoms with E-state index in [0.29, 0.717) is 6.04 Å². The minimum absolute atomic E-state index is 0.226. The summed E-state index contributed by atoms with van der Waals surface area (Å²) in [7, 11) is 2.04. The zero-order valence-corrected chi connectivity index (χ0v) is 15.0. The third-order valence-corrected chi connectivity index (χ3v) is 5.81. The molecule has 0 spiro atoms. The highest BCUT2D eigenvalue weighted by molar-refractivity contribution is 5.73. The molecule has 3 heterocycles. The molecule has 1 atom stereocenters. The molecule has 3 rings (SSSR count). The Balaban J connectivity index is 1.65. The number of piperidine rings is 1. The fraction of sp³-hybridized carbons (Fsp3) is 0.778. The van der Waals surface area contributed by atoms with Gasteiger partial charge in [-0.05, 0) is 52.0 Å². The first-order chi connectivity index (χ1) is 11.0. The molecule has 0 bridgehead atoms. The fourth-order valence-corrected chi connectivity index (χ4v) is 4.41. The molecule has 1 aromatic rings. The molecule has 2 aliphatic heterocycles. The monoisotopic (exact) mass is 318 g/mol. The molecule has 23 heavy (non-hydrogen) atoms. The van der Waals surface area contributed by atoms with E-state index in [2.05, 4.69) is 23.8 Å². The van der Waals surface area contributed by atoms with Crippen LogP contribution in [-0.4, -0.2) is 51.7 Å². The van der Waals surface area contributed by atoms with Crippen LogP contribution in [-0.2, 0) is 11.8 Å². The number of aryl methyl sites for hydroxylation is 2. The third-order valence-electron chi connectivity index (χ3n) is 5.81. The van der Waals surface area contributed by atoms with Crippen LogP contribution in [0.3, 0.4) is 0 Å². The van der Waals surface area contributed by atoms with Crippen LogP contribution in [0.15, 0.2) is 0 Å². The van der Waals surface area contributed by atoms with Gasteiger partial charge in [-0.1, -0.05) is 0 Å². The van der Waals surface area contributed by atoms with Crippen LogP contribution in [0.4, 0.5) is 0 Å². The lowest BCUT2D eigenvalue weighted by atomic mass is 9.95. The standard InChI is InChI=1S/C18H30N4O/c1-13-18(14(2)20(4)19-13)17-6-5-9-22(17)12-16-7-10-21(11-8-16)15(3)23/h16-17H,5-12H2,1-4H3. The summed E-state index contributed by atoms with van der Waals surface area (Å²) in [4.78, 5) is 16.1. The summed E-state index contributed by atoms with van der Waals surface area (Å²) in [5.74, 6) is 0.951. The van der Waals surface area contributed by atoms with Crippen LogP contribution in [0.25, 0.3) is 0 Å². The normalized spacial score (nSPS) is 23.7. The van der Waals surface area contributed by atoms with Gasteiger partial charge in [-0.2, -0.15) is 5.10 Å². The topological polar surface area (TPSA) is 41.4 Å². The molecule has 0 aromatic carbocycles. The Labute approximate surface area is 139 Å². The van der Waals surface area contributed by atoms with Gasteiger partial charge in [-0.25, -0.2) is 0 Å². The van der Waals surface area contributed by atoms with Gasteiger partial charge in [0.25, 0.3) is 0 Å². The quantitative estimate of drug-likeness (QED) is 0.859. The number of likely N-dealkylation sites (tertiary alicyclic amines) is 2. The molecule has 128 valence electrons. The average Bonchev–Trinajstić information content (AvgIpc) is 3.04. The smallest absolute Gasteiger partial charge is 0.219 e. The fourth-order valence-electron chi connectivity index (χ4n) is 4.41. The molecule has 2 aliphatic rings. The lowest BCUT2D eigenvalue weighted by Gasteiger charge is -2.35. The summed E-state index contributed by atoms with van der Waals surface area (Å²) >= 11 is 0. The van der Waals surface area contributed by atoms with Crippen molar-refractivity contribution in [2.24, 2.45) is 13.0 Å². The summed E-state index contributed by atoms with van der Waals surface area (Å²) in [5.41, 5.74) is 3.95. The molecule has 1 unspecified atom stereocenters. The Morgan fingerprint density at radius 3 is 2.43 bits per heavy atom. The summed E-state index contributed by atoms with van der Waals surface area (Å²) in [6, 6.07) is 0.537. The van der Waals surface area contributed by atoms with Gasteiger partial charge in [0.05, 0.1) is 5.69 Å². The first-order valence-electron chi connectivity index (χ1n) is 8.97.